The molecule has 0 spiro atoms. The Morgan fingerprint density at radius 1 is 1.07 bits per heavy atom. The topological polar surface area (TPSA) is 82.3 Å². The van der Waals surface area contributed by atoms with Crippen LogP contribution in [0.3, 0.4) is 0 Å². The Morgan fingerprint density at radius 2 is 1.78 bits per heavy atom. The number of anilines is 1. The van der Waals surface area contributed by atoms with E-state index in [0.29, 0.717) is 18.7 Å². The third-order valence-electron chi connectivity index (χ3n) is 4.52. The quantitative estimate of drug-likeness (QED) is 0.625. The minimum absolute atomic E-state index is 0.0621. The molecule has 6 nitrogen and oxygen atoms in total. The van der Waals surface area contributed by atoms with Crippen LogP contribution in [0, 0.1) is 0 Å². The van der Waals surface area contributed by atoms with Crippen molar-refractivity contribution in [3.63, 3.8) is 0 Å². The second-order valence-electron chi connectivity index (χ2n) is 6.33. The zero-order chi connectivity index (χ0) is 19.3. The van der Waals surface area contributed by atoms with Crippen molar-refractivity contribution in [1.29, 1.82) is 0 Å². The molecule has 3 aromatic rings. The Hall–Kier alpha value is -2.80. The van der Waals surface area contributed by atoms with Crippen molar-refractivity contribution in [1.82, 2.24) is 10.3 Å². The smallest absolute Gasteiger partial charge is 0.235 e. The number of rotatable bonds is 8. The zero-order valence-electron chi connectivity index (χ0n) is 15.2. The van der Waals surface area contributed by atoms with Crippen molar-refractivity contribution in [2.75, 3.05) is 23.7 Å². The van der Waals surface area contributed by atoms with Gasteiger partial charge in [-0.15, -0.1) is 0 Å². The van der Waals surface area contributed by atoms with Crippen LogP contribution in [-0.4, -0.2) is 38.7 Å². The first-order valence-electron chi connectivity index (χ1n) is 8.81. The number of nitrogens with zero attached hydrogens (tertiary/aromatic N) is 1. The number of H-pyrrole nitrogens is 1. The molecule has 0 saturated carbocycles. The summed E-state index contributed by atoms with van der Waals surface area (Å²) in [4.78, 5) is 15.2. The average Bonchev–Trinajstić information content (AvgIpc) is 3.10. The van der Waals surface area contributed by atoms with E-state index < -0.39 is 10.0 Å². The first-order chi connectivity index (χ1) is 13.0. The molecule has 1 aromatic heterocycles. The van der Waals surface area contributed by atoms with E-state index >= 15 is 0 Å². The number of aromatic amines is 1. The van der Waals surface area contributed by atoms with Gasteiger partial charge in [-0.2, -0.15) is 0 Å². The van der Waals surface area contributed by atoms with Gasteiger partial charge in [0.25, 0.3) is 0 Å². The summed E-state index contributed by atoms with van der Waals surface area (Å²) in [5, 5.41) is 3.94. The second-order valence-corrected chi connectivity index (χ2v) is 8.45. The van der Waals surface area contributed by atoms with Gasteiger partial charge in [0.2, 0.25) is 15.9 Å². The number of sulfonamides is 1. The Bertz CT molecular complexity index is 1010. The van der Waals surface area contributed by atoms with Crippen LogP contribution in [0.5, 0.6) is 0 Å². The van der Waals surface area contributed by atoms with E-state index in [2.05, 4.69) is 10.3 Å². The second kappa shape index (κ2) is 8.26. The largest absolute Gasteiger partial charge is 0.361 e. The molecule has 0 atom stereocenters. The fourth-order valence-electron chi connectivity index (χ4n) is 2.92. The molecule has 0 unspecified atom stereocenters. The molecule has 1 amide bonds. The van der Waals surface area contributed by atoms with Crippen molar-refractivity contribution in [3.05, 3.63) is 66.4 Å². The lowest BCUT2D eigenvalue weighted by atomic mass is 10.1. The van der Waals surface area contributed by atoms with E-state index in [0.717, 1.165) is 16.5 Å². The van der Waals surface area contributed by atoms with Crippen molar-refractivity contribution < 1.29 is 13.2 Å². The monoisotopic (exact) mass is 385 g/mol. The number of para-hydroxylation sites is 2. The SMILES string of the molecule is CN(c1ccccc1)S(=O)(=O)CCC(=O)NCCc1c[nH]c2ccccc12. The Kier molecular flexibility index (Phi) is 5.81. The summed E-state index contributed by atoms with van der Waals surface area (Å²) < 4.78 is 26.0. The minimum atomic E-state index is -3.54. The van der Waals surface area contributed by atoms with Gasteiger partial charge in [-0.05, 0) is 30.2 Å². The molecule has 2 N–H and O–H groups in total. The number of fused-ring (bicyclic) bond motifs is 1. The van der Waals surface area contributed by atoms with Crippen LogP contribution in [0.1, 0.15) is 12.0 Å². The molecule has 7 heteroatoms. The van der Waals surface area contributed by atoms with Crippen molar-refractivity contribution >= 4 is 32.5 Å². The maximum Gasteiger partial charge on any atom is 0.235 e. The Morgan fingerprint density at radius 3 is 2.56 bits per heavy atom. The highest BCUT2D eigenvalue weighted by molar-refractivity contribution is 7.92. The van der Waals surface area contributed by atoms with Crippen LogP contribution in [0.2, 0.25) is 0 Å². The molecular weight excluding hydrogens is 362 g/mol. The highest BCUT2D eigenvalue weighted by Crippen LogP contribution is 2.18. The molecular formula is C20H23N3O3S. The molecule has 0 aliphatic carbocycles. The van der Waals surface area contributed by atoms with E-state index in [9.17, 15) is 13.2 Å². The summed E-state index contributed by atoms with van der Waals surface area (Å²) in [5.74, 6) is -0.489. The van der Waals surface area contributed by atoms with Gasteiger partial charge in [-0.25, -0.2) is 8.42 Å². The number of hydrogen-bond donors (Lipinski definition) is 2. The Labute approximate surface area is 159 Å². The van der Waals surface area contributed by atoms with Gasteiger partial charge in [0.05, 0.1) is 11.4 Å². The molecule has 142 valence electrons. The molecule has 0 aliphatic rings. The molecule has 3 rings (SSSR count). The summed E-state index contributed by atoms with van der Waals surface area (Å²) in [6.07, 6.45) is 2.57. The molecule has 0 radical (unpaired) electrons. The zero-order valence-corrected chi connectivity index (χ0v) is 16.0. The van der Waals surface area contributed by atoms with E-state index in [-0.39, 0.29) is 18.1 Å². The maximum atomic E-state index is 12.4. The van der Waals surface area contributed by atoms with Crippen molar-refractivity contribution in [2.24, 2.45) is 0 Å². The summed E-state index contributed by atoms with van der Waals surface area (Å²) in [5.41, 5.74) is 2.77. The van der Waals surface area contributed by atoms with Crippen molar-refractivity contribution in [3.8, 4) is 0 Å². The van der Waals surface area contributed by atoms with Crippen LogP contribution < -0.4 is 9.62 Å². The highest BCUT2D eigenvalue weighted by atomic mass is 32.2. The number of aromatic nitrogens is 1. The van der Waals surface area contributed by atoms with Gasteiger partial charge in [-0.3, -0.25) is 9.10 Å². The number of amides is 1. The lowest BCUT2D eigenvalue weighted by molar-refractivity contribution is -0.120. The summed E-state index contributed by atoms with van der Waals surface area (Å²) in [6.45, 7) is 0.468. The molecule has 0 fully saturated rings. The summed E-state index contributed by atoms with van der Waals surface area (Å²) in [7, 11) is -2.04. The molecule has 0 bridgehead atoms. The normalized spacial score (nSPS) is 11.4. The van der Waals surface area contributed by atoms with Gasteiger partial charge in [0.1, 0.15) is 0 Å². The van der Waals surface area contributed by atoms with Gasteiger partial charge in [0.15, 0.2) is 0 Å². The molecule has 0 aliphatic heterocycles. The molecule has 0 saturated heterocycles. The lowest BCUT2D eigenvalue weighted by Gasteiger charge is -2.19. The van der Waals surface area contributed by atoms with E-state index in [1.54, 1.807) is 24.3 Å². The van der Waals surface area contributed by atoms with Gasteiger partial charge in [-0.1, -0.05) is 36.4 Å². The van der Waals surface area contributed by atoms with E-state index in [1.807, 2.05) is 36.5 Å². The lowest BCUT2D eigenvalue weighted by Crippen LogP contribution is -2.33. The minimum Gasteiger partial charge on any atom is -0.361 e. The third-order valence-corrected chi connectivity index (χ3v) is 6.28. The highest BCUT2D eigenvalue weighted by Gasteiger charge is 2.19. The number of hydrogen-bond acceptors (Lipinski definition) is 3. The molecule has 2 aromatic carbocycles. The standard InChI is InChI=1S/C20H23N3O3S/c1-23(17-7-3-2-4-8-17)27(25,26)14-12-20(24)21-13-11-16-15-22-19-10-6-5-9-18(16)19/h2-10,15,22H,11-14H2,1H3,(H,21,24). The predicted octanol–water partition coefficient (Wildman–Crippen LogP) is 2.68. The van der Waals surface area contributed by atoms with Crippen LogP contribution in [-0.2, 0) is 21.2 Å². The number of carbonyl (C=O) groups is 1. The third kappa shape index (κ3) is 4.68. The van der Waals surface area contributed by atoms with E-state index in [1.165, 1.54) is 11.4 Å². The van der Waals surface area contributed by atoms with Gasteiger partial charge >= 0.3 is 0 Å². The van der Waals surface area contributed by atoms with Gasteiger partial charge < -0.3 is 10.3 Å². The van der Waals surface area contributed by atoms with Crippen LogP contribution >= 0.6 is 0 Å². The first kappa shape index (κ1) is 19.0. The number of benzene rings is 2. The maximum absolute atomic E-state index is 12.4. The summed E-state index contributed by atoms with van der Waals surface area (Å²) in [6, 6.07) is 16.8. The Balaban J connectivity index is 1.48. The van der Waals surface area contributed by atoms with Crippen LogP contribution in [0.15, 0.2) is 60.8 Å². The van der Waals surface area contributed by atoms with Gasteiger partial charge in [0, 0.05) is 37.1 Å². The van der Waals surface area contributed by atoms with E-state index in [4.69, 9.17) is 0 Å². The average molecular weight is 385 g/mol. The molecule has 1 heterocycles. The summed E-state index contributed by atoms with van der Waals surface area (Å²) >= 11 is 0. The van der Waals surface area contributed by atoms with Crippen LogP contribution in [0.4, 0.5) is 5.69 Å². The fraction of sp³-hybridized carbons (Fsp3) is 0.250. The fourth-order valence-corrected chi connectivity index (χ4v) is 4.08. The number of nitrogens with one attached hydrogen (secondary N) is 2. The number of carbonyl (C=O) groups excluding carboxylic acids is 1. The molecule has 27 heavy (non-hydrogen) atoms. The van der Waals surface area contributed by atoms with Crippen molar-refractivity contribution in [2.45, 2.75) is 12.8 Å². The van der Waals surface area contributed by atoms with Crippen LogP contribution in [0.25, 0.3) is 10.9 Å². The first-order valence-corrected chi connectivity index (χ1v) is 10.4. The predicted molar refractivity (Wildman–Crippen MR) is 108 cm³/mol.